The number of carbonyl (C=O) groups excluding carboxylic acids is 1. The highest BCUT2D eigenvalue weighted by Gasteiger charge is 2.13. The second-order valence-electron chi connectivity index (χ2n) is 5.04. The molecule has 1 aromatic carbocycles. The van der Waals surface area contributed by atoms with Crippen molar-refractivity contribution in [3.8, 4) is 11.6 Å². The van der Waals surface area contributed by atoms with Gasteiger partial charge < -0.3 is 20.5 Å². The Morgan fingerprint density at radius 1 is 1.21 bits per heavy atom. The molecule has 0 bridgehead atoms. The number of aromatic amines is 1. The van der Waals surface area contributed by atoms with E-state index in [2.05, 4.69) is 25.3 Å². The lowest BCUT2D eigenvalue weighted by Crippen LogP contribution is -2.16. The van der Waals surface area contributed by atoms with Gasteiger partial charge in [0.05, 0.1) is 17.3 Å². The van der Waals surface area contributed by atoms with Crippen LogP contribution in [0.2, 0.25) is 0 Å². The molecule has 8 heteroatoms. The van der Waals surface area contributed by atoms with E-state index in [1.807, 2.05) is 6.07 Å². The van der Waals surface area contributed by atoms with E-state index in [1.165, 1.54) is 12.4 Å². The SMILES string of the molecule is Nc1nccnc1C(=O)Nc1ccc2nc(-c3ccco3)[nH]c2c1. The summed E-state index contributed by atoms with van der Waals surface area (Å²) >= 11 is 0. The van der Waals surface area contributed by atoms with Gasteiger partial charge in [-0.3, -0.25) is 4.79 Å². The van der Waals surface area contributed by atoms with Crippen LogP contribution in [-0.2, 0) is 0 Å². The Hall–Kier alpha value is -3.68. The van der Waals surface area contributed by atoms with Gasteiger partial charge in [-0.25, -0.2) is 15.0 Å². The summed E-state index contributed by atoms with van der Waals surface area (Å²) in [6.45, 7) is 0. The quantitative estimate of drug-likeness (QED) is 0.533. The van der Waals surface area contributed by atoms with Crippen LogP contribution >= 0.6 is 0 Å². The van der Waals surface area contributed by atoms with Crippen molar-refractivity contribution in [2.75, 3.05) is 11.1 Å². The Balaban J connectivity index is 1.63. The maximum Gasteiger partial charge on any atom is 0.278 e. The third-order valence-corrected chi connectivity index (χ3v) is 3.44. The van der Waals surface area contributed by atoms with E-state index in [4.69, 9.17) is 10.2 Å². The lowest BCUT2D eigenvalue weighted by molar-refractivity contribution is 0.102. The summed E-state index contributed by atoms with van der Waals surface area (Å²) in [5, 5.41) is 2.74. The van der Waals surface area contributed by atoms with Crippen molar-refractivity contribution in [3.63, 3.8) is 0 Å². The maximum absolute atomic E-state index is 12.2. The molecule has 0 fully saturated rings. The Morgan fingerprint density at radius 2 is 2.08 bits per heavy atom. The average Bonchev–Trinajstić information content (AvgIpc) is 3.24. The molecule has 4 rings (SSSR count). The van der Waals surface area contributed by atoms with Gasteiger partial charge in [0.1, 0.15) is 0 Å². The molecule has 1 amide bonds. The maximum atomic E-state index is 12.2. The Labute approximate surface area is 135 Å². The van der Waals surface area contributed by atoms with Gasteiger partial charge in [-0.15, -0.1) is 0 Å². The molecule has 4 N–H and O–H groups in total. The number of furan rings is 1. The minimum absolute atomic E-state index is 0.0812. The van der Waals surface area contributed by atoms with Crippen molar-refractivity contribution in [2.45, 2.75) is 0 Å². The van der Waals surface area contributed by atoms with Crippen LogP contribution in [0.25, 0.3) is 22.6 Å². The summed E-state index contributed by atoms with van der Waals surface area (Å²) in [5.41, 5.74) is 7.87. The van der Waals surface area contributed by atoms with Crippen LogP contribution in [-0.4, -0.2) is 25.8 Å². The molecule has 118 valence electrons. The number of H-pyrrole nitrogens is 1. The zero-order chi connectivity index (χ0) is 16.5. The summed E-state index contributed by atoms with van der Waals surface area (Å²) in [5.74, 6) is 0.921. The van der Waals surface area contributed by atoms with E-state index in [-0.39, 0.29) is 11.5 Å². The van der Waals surface area contributed by atoms with Gasteiger partial charge in [0.25, 0.3) is 5.91 Å². The van der Waals surface area contributed by atoms with Crippen molar-refractivity contribution >= 4 is 28.4 Å². The Bertz CT molecular complexity index is 1020. The fourth-order valence-corrected chi connectivity index (χ4v) is 2.33. The molecule has 0 atom stereocenters. The second kappa shape index (κ2) is 5.51. The molecule has 0 aliphatic heterocycles. The van der Waals surface area contributed by atoms with E-state index >= 15 is 0 Å². The monoisotopic (exact) mass is 320 g/mol. The molecular formula is C16H12N6O2. The highest BCUT2D eigenvalue weighted by atomic mass is 16.3. The molecule has 0 radical (unpaired) electrons. The summed E-state index contributed by atoms with van der Waals surface area (Å²) in [6, 6.07) is 8.93. The number of carbonyl (C=O) groups is 1. The third-order valence-electron chi connectivity index (χ3n) is 3.44. The first-order chi connectivity index (χ1) is 11.7. The Morgan fingerprint density at radius 3 is 2.88 bits per heavy atom. The van der Waals surface area contributed by atoms with Gasteiger partial charge in [-0.05, 0) is 30.3 Å². The number of hydrogen-bond acceptors (Lipinski definition) is 6. The van der Waals surface area contributed by atoms with Crippen LogP contribution in [0.5, 0.6) is 0 Å². The van der Waals surface area contributed by atoms with Crippen molar-refractivity contribution in [2.24, 2.45) is 0 Å². The number of rotatable bonds is 3. The zero-order valence-electron chi connectivity index (χ0n) is 12.4. The fraction of sp³-hybridized carbons (Fsp3) is 0. The van der Waals surface area contributed by atoms with Crippen molar-refractivity contribution < 1.29 is 9.21 Å². The number of nitrogen functional groups attached to an aromatic ring is 1. The number of nitrogens with one attached hydrogen (secondary N) is 2. The number of aromatic nitrogens is 4. The van der Waals surface area contributed by atoms with Gasteiger partial charge in [-0.2, -0.15) is 0 Å². The van der Waals surface area contributed by atoms with Crippen molar-refractivity contribution in [1.29, 1.82) is 0 Å². The van der Waals surface area contributed by atoms with Crippen LogP contribution in [0, 0.1) is 0 Å². The number of amides is 1. The first kappa shape index (κ1) is 13.9. The van der Waals surface area contributed by atoms with Gasteiger partial charge in [-0.1, -0.05) is 0 Å². The molecule has 0 spiro atoms. The number of fused-ring (bicyclic) bond motifs is 1. The number of anilines is 2. The number of hydrogen-bond donors (Lipinski definition) is 3. The molecule has 8 nitrogen and oxygen atoms in total. The second-order valence-corrected chi connectivity index (χ2v) is 5.04. The molecule has 24 heavy (non-hydrogen) atoms. The molecular weight excluding hydrogens is 308 g/mol. The van der Waals surface area contributed by atoms with Crippen LogP contribution in [0.1, 0.15) is 10.5 Å². The summed E-state index contributed by atoms with van der Waals surface area (Å²) < 4.78 is 5.32. The molecule has 0 saturated heterocycles. The van der Waals surface area contributed by atoms with Gasteiger partial charge in [0.2, 0.25) is 0 Å². The molecule has 0 aliphatic carbocycles. The minimum atomic E-state index is -0.425. The summed E-state index contributed by atoms with van der Waals surface area (Å²) in [4.78, 5) is 27.6. The van der Waals surface area contributed by atoms with E-state index in [9.17, 15) is 4.79 Å². The van der Waals surface area contributed by atoms with Gasteiger partial charge in [0.15, 0.2) is 23.1 Å². The molecule has 4 aromatic rings. The van der Waals surface area contributed by atoms with Crippen LogP contribution in [0.15, 0.2) is 53.4 Å². The van der Waals surface area contributed by atoms with Crippen molar-refractivity contribution in [3.05, 3.63) is 54.7 Å². The molecule has 0 unspecified atom stereocenters. The number of nitrogens with zero attached hydrogens (tertiary/aromatic N) is 3. The number of benzene rings is 1. The number of nitrogens with two attached hydrogens (primary N) is 1. The van der Waals surface area contributed by atoms with Gasteiger partial charge >= 0.3 is 0 Å². The Kier molecular flexibility index (Phi) is 3.20. The summed E-state index contributed by atoms with van der Waals surface area (Å²) in [7, 11) is 0. The lowest BCUT2D eigenvalue weighted by atomic mass is 10.2. The topological polar surface area (TPSA) is 123 Å². The molecule has 0 saturated carbocycles. The highest BCUT2D eigenvalue weighted by Crippen LogP contribution is 2.23. The lowest BCUT2D eigenvalue weighted by Gasteiger charge is -2.05. The van der Waals surface area contributed by atoms with Crippen molar-refractivity contribution in [1.82, 2.24) is 19.9 Å². The largest absolute Gasteiger partial charge is 0.461 e. The normalized spacial score (nSPS) is 10.8. The smallest absolute Gasteiger partial charge is 0.278 e. The number of imidazole rings is 1. The van der Waals surface area contributed by atoms with Crippen LogP contribution < -0.4 is 11.1 Å². The van der Waals surface area contributed by atoms with Crippen LogP contribution in [0.3, 0.4) is 0 Å². The van der Waals surface area contributed by atoms with E-state index in [1.54, 1.807) is 30.5 Å². The van der Waals surface area contributed by atoms with E-state index in [0.717, 1.165) is 11.0 Å². The van der Waals surface area contributed by atoms with Gasteiger partial charge in [0, 0.05) is 18.1 Å². The fourth-order valence-electron chi connectivity index (χ4n) is 2.33. The predicted molar refractivity (Wildman–Crippen MR) is 88.2 cm³/mol. The third kappa shape index (κ3) is 2.45. The zero-order valence-corrected chi connectivity index (χ0v) is 12.4. The predicted octanol–water partition coefficient (Wildman–Crippen LogP) is 2.45. The summed E-state index contributed by atoms with van der Waals surface area (Å²) in [6.07, 6.45) is 4.43. The first-order valence-electron chi connectivity index (χ1n) is 7.12. The first-order valence-corrected chi connectivity index (χ1v) is 7.12. The van der Waals surface area contributed by atoms with E-state index < -0.39 is 5.91 Å². The van der Waals surface area contributed by atoms with E-state index in [0.29, 0.717) is 17.3 Å². The highest BCUT2D eigenvalue weighted by molar-refractivity contribution is 6.06. The van der Waals surface area contributed by atoms with Crippen LogP contribution in [0.4, 0.5) is 11.5 Å². The minimum Gasteiger partial charge on any atom is -0.461 e. The standard InChI is InChI=1S/C16H12N6O2/c17-14-13(18-5-6-19-14)16(23)20-9-3-4-10-11(8-9)22-15(21-10)12-2-1-7-24-12/h1-8H,(H2,17,19)(H,20,23)(H,21,22). The molecule has 3 heterocycles. The average molecular weight is 320 g/mol. The molecule has 0 aliphatic rings. The molecule has 3 aromatic heterocycles.